The monoisotopic (exact) mass is 277 g/mol. The molecule has 0 unspecified atom stereocenters. The molecule has 1 aromatic carbocycles. The maximum Gasteiger partial charge on any atom is 0.255 e. The summed E-state index contributed by atoms with van der Waals surface area (Å²) in [5.74, 6) is 0.599. The van der Waals surface area contributed by atoms with Gasteiger partial charge in [-0.05, 0) is 37.4 Å². The Kier molecular flexibility index (Phi) is 4.95. The van der Waals surface area contributed by atoms with Crippen LogP contribution in [-0.4, -0.2) is 31.5 Å². The average Bonchev–Trinajstić information content (AvgIpc) is 3.21. The van der Waals surface area contributed by atoms with Gasteiger partial charge in [-0.3, -0.25) is 9.59 Å². The Morgan fingerprint density at radius 3 is 2.85 bits per heavy atom. The summed E-state index contributed by atoms with van der Waals surface area (Å²) < 4.78 is 5.17. The number of nitrogens with one attached hydrogen (secondary N) is 2. The lowest BCUT2D eigenvalue weighted by molar-refractivity contribution is -0.120. The predicted molar refractivity (Wildman–Crippen MR) is 75.4 cm³/mol. The lowest BCUT2D eigenvalue weighted by atomic mass is 10.3. The molecular formula is C14H19N3O3. The minimum absolute atomic E-state index is 0.0994. The Bertz CT molecular complexity index is 486. The summed E-state index contributed by atoms with van der Waals surface area (Å²) in [7, 11) is 0. The summed E-state index contributed by atoms with van der Waals surface area (Å²) in [5, 5.41) is 5.88. The normalized spacial score (nSPS) is 13.8. The highest BCUT2D eigenvalue weighted by Gasteiger charge is 2.20. The molecule has 0 radical (unpaired) electrons. The molecule has 0 atom stereocenters. The molecule has 20 heavy (non-hydrogen) atoms. The number of carbonyl (C=O) groups excluding carboxylic acids is 2. The summed E-state index contributed by atoms with van der Waals surface area (Å²) in [6.07, 6.45) is 2.52. The second-order valence-corrected chi connectivity index (χ2v) is 4.91. The Morgan fingerprint density at radius 1 is 1.35 bits per heavy atom. The van der Waals surface area contributed by atoms with E-state index in [4.69, 9.17) is 10.5 Å². The first-order chi connectivity index (χ1) is 9.63. The maximum atomic E-state index is 11.7. The molecule has 108 valence electrons. The minimum Gasteiger partial charge on any atom is -0.484 e. The molecule has 0 aliphatic heterocycles. The van der Waals surface area contributed by atoms with Crippen molar-refractivity contribution in [3.8, 4) is 5.75 Å². The number of anilines is 1. The molecule has 6 nitrogen and oxygen atoms in total. The van der Waals surface area contributed by atoms with Crippen LogP contribution in [0.25, 0.3) is 0 Å². The molecule has 2 rings (SSSR count). The van der Waals surface area contributed by atoms with Crippen molar-refractivity contribution in [2.24, 2.45) is 11.7 Å². The highest BCUT2D eigenvalue weighted by atomic mass is 16.5. The van der Waals surface area contributed by atoms with Crippen molar-refractivity contribution in [1.29, 1.82) is 0 Å². The number of benzene rings is 1. The highest BCUT2D eigenvalue weighted by molar-refractivity contribution is 5.92. The van der Waals surface area contributed by atoms with Crippen LogP contribution < -0.4 is 21.1 Å². The van der Waals surface area contributed by atoms with Crippen LogP contribution >= 0.6 is 0 Å². The van der Waals surface area contributed by atoms with Crippen molar-refractivity contribution < 1.29 is 14.3 Å². The van der Waals surface area contributed by atoms with E-state index in [0.717, 1.165) is 12.5 Å². The van der Waals surface area contributed by atoms with E-state index in [2.05, 4.69) is 10.6 Å². The fraction of sp³-hybridized carbons (Fsp3) is 0.429. The third-order valence-electron chi connectivity index (χ3n) is 2.91. The maximum absolute atomic E-state index is 11.7. The Morgan fingerprint density at radius 2 is 2.15 bits per heavy atom. The van der Waals surface area contributed by atoms with Crippen molar-refractivity contribution in [2.45, 2.75) is 12.8 Å². The first-order valence-electron chi connectivity index (χ1n) is 6.65. The number of carbonyl (C=O) groups is 2. The van der Waals surface area contributed by atoms with Gasteiger partial charge in [0, 0.05) is 11.8 Å². The summed E-state index contributed by atoms with van der Waals surface area (Å²) in [5.41, 5.74) is 5.63. The smallest absolute Gasteiger partial charge is 0.255 e. The van der Waals surface area contributed by atoms with E-state index in [0.29, 0.717) is 18.0 Å². The van der Waals surface area contributed by atoms with E-state index in [1.807, 2.05) is 0 Å². The molecule has 1 saturated carbocycles. The fourth-order valence-corrected chi connectivity index (χ4v) is 1.74. The lowest BCUT2D eigenvalue weighted by Gasteiger charge is -2.08. The van der Waals surface area contributed by atoms with Gasteiger partial charge in [0.05, 0.1) is 6.54 Å². The van der Waals surface area contributed by atoms with Crippen LogP contribution in [0.3, 0.4) is 0 Å². The third-order valence-corrected chi connectivity index (χ3v) is 2.91. The lowest BCUT2D eigenvalue weighted by Crippen LogP contribution is -2.29. The Labute approximate surface area is 117 Å². The molecule has 1 aliphatic carbocycles. The van der Waals surface area contributed by atoms with Crippen LogP contribution in [0.1, 0.15) is 12.8 Å². The number of primary amides is 1. The molecule has 4 N–H and O–H groups in total. The molecule has 0 saturated heterocycles. The topological polar surface area (TPSA) is 93.5 Å². The zero-order valence-electron chi connectivity index (χ0n) is 11.2. The van der Waals surface area contributed by atoms with Gasteiger partial charge in [0.2, 0.25) is 5.91 Å². The van der Waals surface area contributed by atoms with Crippen molar-refractivity contribution in [2.75, 3.05) is 25.0 Å². The van der Waals surface area contributed by atoms with Gasteiger partial charge >= 0.3 is 0 Å². The molecule has 6 heteroatoms. The van der Waals surface area contributed by atoms with Crippen LogP contribution in [0.4, 0.5) is 5.69 Å². The van der Waals surface area contributed by atoms with Gasteiger partial charge in [0.25, 0.3) is 5.91 Å². The zero-order valence-corrected chi connectivity index (χ0v) is 11.2. The predicted octanol–water partition coefficient (Wildman–Crippen LogP) is 0.489. The number of amides is 2. The summed E-state index contributed by atoms with van der Waals surface area (Å²) >= 11 is 0. The largest absolute Gasteiger partial charge is 0.484 e. The van der Waals surface area contributed by atoms with E-state index in [1.54, 1.807) is 24.3 Å². The van der Waals surface area contributed by atoms with E-state index in [1.165, 1.54) is 12.8 Å². The van der Waals surface area contributed by atoms with E-state index >= 15 is 0 Å². The number of hydrogen-bond acceptors (Lipinski definition) is 4. The van der Waals surface area contributed by atoms with Crippen LogP contribution in [-0.2, 0) is 9.59 Å². The SMILES string of the molecule is NC(=O)COc1cccc(NC(=O)CNCC2CC2)c1. The second-order valence-electron chi connectivity index (χ2n) is 4.91. The Hall–Kier alpha value is -2.08. The minimum atomic E-state index is -0.538. The molecule has 1 fully saturated rings. The molecule has 2 amide bonds. The van der Waals surface area contributed by atoms with Crippen LogP contribution in [0.15, 0.2) is 24.3 Å². The fourth-order valence-electron chi connectivity index (χ4n) is 1.74. The number of nitrogens with two attached hydrogens (primary N) is 1. The summed E-state index contributed by atoms with van der Waals surface area (Å²) in [6.45, 7) is 1.01. The van der Waals surface area contributed by atoms with Crippen LogP contribution in [0.5, 0.6) is 5.75 Å². The molecule has 1 aromatic rings. The van der Waals surface area contributed by atoms with E-state index in [9.17, 15) is 9.59 Å². The van der Waals surface area contributed by atoms with E-state index in [-0.39, 0.29) is 12.5 Å². The molecular weight excluding hydrogens is 258 g/mol. The highest BCUT2D eigenvalue weighted by Crippen LogP contribution is 2.27. The molecule has 0 heterocycles. The molecule has 0 spiro atoms. The first kappa shape index (κ1) is 14.3. The van der Waals surface area contributed by atoms with Crippen molar-refractivity contribution in [3.05, 3.63) is 24.3 Å². The molecule has 0 bridgehead atoms. The molecule has 0 aromatic heterocycles. The zero-order chi connectivity index (χ0) is 14.4. The standard InChI is InChI=1S/C14H19N3O3/c15-13(18)9-20-12-3-1-2-11(6-12)17-14(19)8-16-7-10-4-5-10/h1-3,6,10,16H,4-5,7-9H2,(H2,15,18)(H,17,19). The van der Waals surface area contributed by atoms with Crippen molar-refractivity contribution in [1.82, 2.24) is 5.32 Å². The van der Waals surface area contributed by atoms with Crippen LogP contribution in [0.2, 0.25) is 0 Å². The van der Waals surface area contributed by atoms with Crippen molar-refractivity contribution >= 4 is 17.5 Å². The van der Waals surface area contributed by atoms with Gasteiger partial charge in [-0.25, -0.2) is 0 Å². The van der Waals surface area contributed by atoms with Gasteiger partial charge in [-0.2, -0.15) is 0 Å². The summed E-state index contributed by atoms with van der Waals surface area (Å²) in [6, 6.07) is 6.85. The van der Waals surface area contributed by atoms with Gasteiger partial charge in [-0.15, -0.1) is 0 Å². The third kappa shape index (κ3) is 5.27. The average molecular weight is 277 g/mol. The molecule has 1 aliphatic rings. The van der Waals surface area contributed by atoms with Gasteiger partial charge in [-0.1, -0.05) is 6.07 Å². The van der Waals surface area contributed by atoms with Gasteiger partial charge in [0.15, 0.2) is 6.61 Å². The number of ether oxygens (including phenoxy) is 1. The Balaban J connectivity index is 1.76. The van der Waals surface area contributed by atoms with Crippen molar-refractivity contribution in [3.63, 3.8) is 0 Å². The van der Waals surface area contributed by atoms with Gasteiger partial charge < -0.3 is 21.1 Å². The quantitative estimate of drug-likeness (QED) is 0.644. The van der Waals surface area contributed by atoms with Crippen LogP contribution in [0, 0.1) is 5.92 Å². The number of hydrogen-bond donors (Lipinski definition) is 3. The second kappa shape index (κ2) is 6.91. The summed E-state index contributed by atoms with van der Waals surface area (Å²) in [4.78, 5) is 22.3. The number of rotatable bonds is 8. The van der Waals surface area contributed by atoms with Gasteiger partial charge in [0.1, 0.15) is 5.75 Å². The van der Waals surface area contributed by atoms with E-state index < -0.39 is 5.91 Å². The first-order valence-corrected chi connectivity index (χ1v) is 6.65.